The van der Waals surface area contributed by atoms with E-state index in [0.29, 0.717) is 34.4 Å². The fraction of sp³-hybridized carbons (Fsp3) is 0.500. The maximum absolute atomic E-state index is 13.8. The molecule has 1 unspecified atom stereocenters. The van der Waals surface area contributed by atoms with Crippen LogP contribution in [0.5, 0.6) is 0 Å². The zero-order valence-corrected chi connectivity index (χ0v) is 24.2. The lowest BCUT2D eigenvalue weighted by atomic mass is 9.94. The Balaban J connectivity index is 1.72. The van der Waals surface area contributed by atoms with Gasteiger partial charge in [-0.05, 0) is 31.1 Å². The van der Waals surface area contributed by atoms with Crippen molar-refractivity contribution in [3.8, 4) is 5.13 Å². The van der Waals surface area contributed by atoms with Crippen LogP contribution in [0.15, 0.2) is 27.9 Å². The average Bonchev–Trinajstić information content (AvgIpc) is 3.48. The molecule has 0 saturated carbocycles. The minimum absolute atomic E-state index is 0.0897. The van der Waals surface area contributed by atoms with Crippen molar-refractivity contribution >= 4 is 44.0 Å². The van der Waals surface area contributed by atoms with Gasteiger partial charge >= 0.3 is 11.7 Å². The molecule has 0 spiro atoms. The topological polar surface area (TPSA) is 132 Å². The standard InChI is InChI=1S/C24H28F3N7O5S2/c1-13-7-14(5-6-33(13)22(35)31(2)3)16-8-15(41(37,38)30-24(10-25)11-39-12-24)9-17-18(16)32(4)23(36)34(17)21-29-28-20(40-21)19(26)27/h5,8-9,13,19,30H,6-7,10-12H2,1-4H3. The van der Waals surface area contributed by atoms with Gasteiger partial charge in [-0.2, -0.15) is 4.72 Å². The first-order valence-electron chi connectivity index (χ1n) is 12.5. The Hall–Kier alpha value is -3.28. The number of rotatable bonds is 7. The first-order valence-corrected chi connectivity index (χ1v) is 14.8. The molecule has 2 aliphatic heterocycles. The molecule has 1 aromatic carbocycles. The summed E-state index contributed by atoms with van der Waals surface area (Å²) < 4.78 is 77.3. The summed E-state index contributed by atoms with van der Waals surface area (Å²) in [6.45, 7) is 0.805. The number of amides is 2. The first-order chi connectivity index (χ1) is 19.3. The lowest BCUT2D eigenvalue weighted by molar-refractivity contribution is -0.0725. The Morgan fingerprint density at radius 3 is 2.54 bits per heavy atom. The molecular formula is C24H28F3N7O5S2. The quantitative estimate of drug-likeness (QED) is 0.432. The second kappa shape index (κ2) is 10.5. The van der Waals surface area contributed by atoms with E-state index in [-0.39, 0.29) is 47.4 Å². The van der Waals surface area contributed by atoms with Crippen molar-refractivity contribution < 1.29 is 31.1 Å². The fourth-order valence-corrected chi connectivity index (χ4v) is 7.06. The molecule has 2 amide bonds. The molecule has 2 aromatic heterocycles. The van der Waals surface area contributed by atoms with E-state index < -0.39 is 39.4 Å². The van der Waals surface area contributed by atoms with Crippen LogP contribution < -0.4 is 10.4 Å². The third-order valence-electron chi connectivity index (χ3n) is 7.16. The van der Waals surface area contributed by atoms with E-state index >= 15 is 0 Å². The van der Waals surface area contributed by atoms with Crippen molar-refractivity contribution in [2.45, 2.75) is 36.2 Å². The van der Waals surface area contributed by atoms with Crippen LogP contribution in [0.1, 0.15) is 30.3 Å². The number of alkyl halides is 3. The van der Waals surface area contributed by atoms with E-state index in [2.05, 4.69) is 14.9 Å². The Bertz CT molecular complexity index is 1700. The molecule has 1 N–H and O–H groups in total. The summed E-state index contributed by atoms with van der Waals surface area (Å²) in [6, 6.07) is 2.16. The number of carbonyl (C=O) groups is 1. The number of ether oxygens (including phenoxy) is 1. The highest BCUT2D eigenvalue weighted by Gasteiger charge is 2.43. The lowest BCUT2D eigenvalue weighted by Crippen LogP contribution is -2.63. The van der Waals surface area contributed by atoms with Gasteiger partial charge < -0.3 is 14.5 Å². The molecule has 1 fully saturated rings. The molecular weight excluding hydrogens is 587 g/mol. The summed E-state index contributed by atoms with van der Waals surface area (Å²) in [5.41, 5.74) is -0.577. The Morgan fingerprint density at radius 2 is 2.00 bits per heavy atom. The smallest absolute Gasteiger partial charge is 0.335 e. The highest BCUT2D eigenvalue weighted by Crippen LogP contribution is 2.36. The van der Waals surface area contributed by atoms with Crippen molar-refractivity contribution in [1.82, 2.24) is 33.9 Å². The number of nitrogens with zero attached hydrogens (tertiary/aromatic N) is 6. The molecule has 0 radical (unpaired) electrons. The monoisotopic (exact) mass is 615 g/mol. The van der Waals surface area contributed by atoms with Crippen molar-refractivity contribution in [2.75, 3.05) is 40.5 Å². The Labute approximate surface area is 237 Å². The second-order valence-electron chi connectivity index (χ2n) is 10.4. The van der Waals surface area contributed by atoms with Crippen LogP contribution in [-0.4, -0.2) is 95.7 Å². The largest absolute Gasteiger partial charge is 0.377 e. The summed E-state index contributed by atoms with van der Waals surface area (Å²) >= 11 is 0.507. The number of sulfonamides is 1. The number of halogens is 3. The van der Waals surface area contributed by atoms with Crippen LogP contribution in [0.4, 0.5) is 18.0 Å². The Kier molecular flexibility index (Phi) is 7.50. The van der Waals surface area contributed by atoms with E-state index in [0.717, 1.165) is 4.57 Å². The SMILES string of the molecule is CC1CC(c2cc(S(=O)(=O)NC3(CF)COC3)cc3c2n(C)c(=O)n3-c2nnc(C(F)F)s2)=CCN1C(=O)N(C)C. The summed E-state index contributed by atoms with van der Waals surface area (Å²) in [7, 11) is 0.409. The number of imidazole rings is 1. The van der Waals surface area contributed by atoms with E-state index in [4.69, 9.17) is 4.74 Å². The third kappa shape index (κ3) is 5.04. The highest BCUT2D eigenvalue weighted by molar-refractivity contribution is 7.89. The van der Waals surface area contributed by atoms with E-state index in [1.165, 1.54) is 28.6 Å². The summed E-state index contributed by atoms with van der Waals surface area (Å²) in [5.74, 6) is 0. The minimum Gasteiger partial charge on any atom is -0.377 e. The second-order valence-corrected chi connectivity index (χ2v) is 13.0. The highest BCUT2D eigenvalue weighted by atomic mass is 32.2. The molecule has 5 rings (SSSR count). The van der Waals surface area contributed by atoms with Gasteiger partial charge in [0.2, 0.25) is 15.2 Å². The van der Waals surface area contributed by atoms with Crippen molar-refractivity contribution in [2.24, 2.45) is 7.05 Å². The van der Waals surface area contributed by atoms with Crippen LogP contribution in [-0.2, 0) is 21.8 Å². The van der Waals surface area contributed by atoms with Gasteiger partial charge in [-0.1, -0.05) is 17.4 Å². The summed E-state index contributed by atoms with van der Waals surface area (Å²) in [4.78, 5) is 28.9. The average molecular weight is 616 g/mol. The van der Waals surface area contributed by atoms with Crippen LogP contribution >= 0.6 is 11.3 Å². The predicted octanol–water partition coefficient (Wildman–Crippen LogP) is 2.29. The number of benzene rings is 1. The van der Waals surface area contributed by atoms with Gasteiger partial charge in [0.05, 0.1) is 29.1 Å². The molecule has 1 atom stereocenters. The lowest BCUT2D eigenvalue weighted by Gasteiger charge is -2.39. The van der Waals surface area contributed by atoms with Gasteiger partial charge in [0.25, 0.3) is 6.43 Å². The normalized spacial score (nSPS) is 19.0. The number of fused-ring (bicyclic) bond motifs is 1. The zero-order chi connectivity index (χ0) is 29.9. The van der Waals surface area contributed by atoms with Crippen LogP contribution in [0.25, 0.3) is 21.7 Å². The Morgan fingerprint density at radius 1 is 1.29 bits per heavy atom. The molecule has 17 heteroatoms. The van der Waals surface area contributed by atoms with E-state index in [9.17, 15) is 31.2 Å². The number of aryl methyl sites for hydroxylation is 1. The van der Waals surface area contributed by atoms with Crippen molar-refractivity contribution in [3.63, 3.8) is 0 Å². The molecule has 4 heterocycles. The molecule has 12 nitrogen and oxygen atoms in total. The van der Waals surface area contributed by atoms with Crippen LogP contribution in [0.3, 0.4) is 0 Å². The first kappa shape index (κ1) is 29.2. The fourth-order valence-electron chi connectivity index (χ4n) is 4.95. The van der Waals surface area contributed by atoms with Gasteiger partial charge in [-0.15, -0.1) is 10.2 Å². The maximum Gasteiger partial charge on any atom is 0.335 e. The van der Waals surface area contributed by atoms with Gasteiger partial charge in [0.15, 0.2) is 5.01 Å². The number of aromatic nitrogens is 4. The van der Waals surface area contributed by atoms with Gasteiger partial charge in [-0.3, -0.25) is 4.57 Å². The molecule has 1 saturated heterocycles. The van der Waals surface area contributed by atoms with E-state index in [1.807, 2.05) is 6.92 Å². The minimum atomic E-state index is -4.35. The van der Waals surface area contributed by atoms with E-state index in [1.54, 1.807) is 25.1 Å². The van der Waals surface area contributed by atoms with Crippen LogP contribution in [0.2, 0.25) is 0 Å². The molecule has 222 valence electrons. The summed E-state index contributed by atoms with van der Waals surface area (Å²) in [5, 5.41) is 6.47. The number of carbonyl (C=O) groups excluding carboxylic acids is 1. The maximum atomic E-state index is 13.8. The number of urea groups is 1. The van der Waals surface area contributed by atoms with Crippen LogP contribution in [0, 0.1) is 0 Å². The molecule has 2 aliphatic rings. The van der Waals surface area contributed by atoms with Gasteiger partial charge in [0, 0.05) is 39.3 Å². The van der Waals surface area contributed by atoms with Crippen molar-refractivity contribution in [3.05, 3.63) is 39.3 Å². The molecule has 0 aliphatic carbocycles. The van der Waals surface area contributed by atoms with Gasteiger partial charge in [0.1, 0.15) is 12.2 Å². The molecule has 41 heavy (non-hydrogen) atoms. The predicted molar refractivity (Wildman–Crippen MR) is 145 cm³/mol. The van der Waals surface area contributed by atoms with Gasteiger partial charge in [-0.25, -0.2) is 35.7 Å². The number of hydrogen-bond acceptors (Lipinski definition) is 8. The molecule has 3 aromatic rings. The number of hydrogen-bond donors (Lipinski definition) is 1. The zero-order valence-electron chi connectivity index (χ0n) is 22.6. The van der Waals surface area contributed by atoms with Crippen molar-refractivity contribution in [1.29, 1.82) is 0 Å². The molecule has 0 bridgehead atoms. The summed E-state index contributed by atoms with van der Waals surface area (Å²) in [6.07, 6.45) is -0.794. The number of nitrogens with one attached hydrogen (secondary N) is 1. The third-order valence-corrected chi connectivity index (χ3v) is 9.63.